The number of carbonyl (C=O) groups is 1. The molecule has 1 aliphatic heterocycles. The van der Waals surface area contributed by atoms with Gasteiger partial charge in [-0.1, -0.05) is 13.8 Å². The van der Waals surface area contributed by atoms with Crippen LogP contribution in [0.3, 0.4) is 0 Å². The fourth-order valence-electron chi connectivity index (χ4n) is 2.98. The lowest BCUT2D eigenvalue weighted by atomic mass is 10.2. The molecular weight excluding hydrogens is 342 g/mol. The van der Waals surface area contributed by atoms with E-state index in [0.29, 0.717) is 44.1 Å². The van der Waals surface area contributed by atoms with Crippen molar-refractivity contribution in [3.05, 3.63) is 23.8 Å². The number of methoxy groups -OCH3 is 1. The van der Waals surface area contributed by atoms with Crippen molar-refractivity contribution in [2.75, 3.05) is 51.3 Å². The molecule has 1 aliphatic rings. The molecule has 0 radical (unpaired) electrons. The van der Waals surface area contributed by atoms with E-state index in [1.165, 1.54) is 4.31 Å². The van der Waals surface area contributed by atoms with E-state index < -0.39 is 10.0 Å². The van der Waals surface area contributed by atoms with Gasteiger partial charge in [-0.2, -0.15) is 4.31 Å². The van der Waals surface area contributed by atoms with E-state index in [-0.39, 0.29) is 12.5 Å². The molecule has 7 nitrogen and oxygen atoms in total. The van der Waals surface area contributed by atoms with Crippen LogP contribution >= 0.6 is 0 Å². The third kappa shape index (κ3) is 4.38. The van der Waals surface area contributed by atoms with Crippen LogP contribution in [0.2, 0.25) is 0 Å². The molecule has 0 atom stereocenters. The highest BCUT2D eigenvalue weighted by molar-refractivity contribution is 7.89. The predicted octanol–water partition coefficient (Wildman–Crippen LogP) is 0.842. The van der Waals surface area contributed by atoms with Crippen LogP contribution in [-0.2, 0) is 26.0 Å². The molecule has 0 saturated carbocycles. The molecule has 140 valence electrons. The molecule has 0 aliphatic carbocycles. The molecule has 1 amide bonds. The van der Waals surface area contributed by atoms with Gasteiger partial charge in [0, 0.05) is 39.0 Å². The Morgan fingerprint density at radius 1 is 1.32 bits per heavy atom. The zero-order valence-corrected chi connectivity index (χ0v) is 15.9. The van der Waals surface area contributed by atoms with Gasteiger partial charge in [0.15, 0.2) is 0 Å². The average molecular weight is 369 g/mol. The summed E-state index contributed by atoms with van der Waals surface area (Å²) >= 11 is 0. The van der Waals surface area contributed by atoms with Gasteiger partial charge in [0.25, 0.3) is 0 Å². The molecule has 1 aromatic rings. The molecule has 0 spiro atoms. The molecule has 0 aromatic heterocycles. The average Bonchev–Trinajstić information content (AvgIpc) is 3.02. The molecule has 0 fully saturated rings. The van der Waals surface area contributed by atoms with Crippen LogP contribution in [0.25, 0.3) is 0 Å². The number of hydrogen-bond acceptors (Lipinski definition) is 5. The normalized spacial score (nSPS) is 14.2. The highest BCUT2D eigenvalue weighted by atomic mass is 32.2. The number of fused-ring (bicyclic) bond motifs is 1. The molecule has 1 heterocycles. The van der Waals surface area contributed by atoms with Gasteiger partial charge >= 0.3 is 0 Å². The SMILES string of the molecule is CCN(CC)S(=O)(=O)c1ccc2c(c1)CCN2C(=O)CNCCOC. The Morgan fingerprint density at radius 2 is 2.04 bits per heavy atom. The summed E-state index contributed by atoms with van der Waals surface area (Å²) in [4.78, 5) is 14.4. The van der Waals surface area contributed by atoms with Crippen LogP contribution in [0.4, 0.5) is 5.69 Å². The molecule has 0 saturated heterocycles. The van der Waals surface area contributed by atoms with Gasteiger partial charge in [-0.3, -0.25) is 4.79 Å². The van der Waals surface area contributed by atoms with Gasteiger partial charge in [0.1, 0.15) is 0 Å². The highest BCUT2D eigenvalue weighted by Crippen LogP contribution is 2.31. The van der Waals surface area contributed by atoms with Crippen molar-refractivity contribution in [3.63, 3.8) is 0 Å². The van der Waals surface area contributed by atoms with Crippen LogP contribution in [-0.4, -0.2) is 65.1 Å². The smallest absolute Gasteiger partial charge is 0.243 e. The Bertz CT molecular complexity index is 702. The van der Waals surface area contributed by atoms with Crippen molar-refractivity contribution >= 4 is 21.6 Å². The fraction of sp³-hybridized carbons (Fsp3) is 0.588. The summed E-state index contributed by atoms with van der Waals surface area (Å²) in [5.41, 5.74) is 1.70. The summed E-state index contributed by atoms with van der Waals surface area (Å²) < 4.78 is 31.6. The van der Waals surface area contributed by atoms with E-state index in [1.54, 1.807) is 30.2 Å². The summed E-state index contributed by atoms with van der Waals surface area (Å²) in [5.74, 6) is -0.0193. The number of rotatable bonds is 9. The minimum Gasteiger partial charge on any atom is -0.383 e. The van der Waals surface area contributed by atoms with E-state index >= 15 is 0 Å². The zero-order chi connectivity index (χ0) is 18.4. The Balaban J connectivity index is 2.14. The van der Waals surface area contributed by atoms with Crippen LogP contribution in [0.5, 0.6) is 0 Å². The first-order valence-corrected chi connectivity index (χ1v) is 10.0. The van der Waals surface area contributed by atoms with E-state index in [2.05, 4.69) is 5.32 Å². The standard InChI is InChI=1S/C17H27N3O4S/c1-4-19(5-2)25(22,23)15-6-7-16-14(12-15)8-10-20(16)17(21)13-18-9-11-24-3/h6-7,12,18H,4-5,8-11,13H2,1-3H3. The third-order valence-electron chi connectivity index (χ3n) is 4.35. The lowest BCUT2D eigenvalue weighted by Gasteiger charge is -2.20. The number of amides is 1. The Hall–Kier alpha value is -1.48. The van der Waals surface area contributed by atoms with Crippen molar-refractivity contribution in [2.45, 2.75) is 25.2 Å². The summed E-state index contributed by atoms with van der Waals surface area (Å²) in [5, 5.41) is 3.04. The van der Waals surface area contributed by atoms with Gasteiger partial charge in [-0.15, -0.1) is 0 Å². The number of benzene rings is 1. The van der Waals surface area contributed by atoms with Crippen molar-refractivity contribution < 1.29 is 17.9 Å². The summed E-state index contributed by atoms with van der Waals surface area (Å²) in [6, 6.07) is 5.04. The van der Waals surface area contributed by atoms with Crippen LogP contribution in [0.15, 0.2) is 23.1 Å². The maximum Gasteiger partial charge on any atom is 0.243 e. The first kappa shape index (κ1) is 19.8. The molecular formula is C17H27N3O4S. The molecule has 25 heavy (non-hydrogen) atoms. The molecule has 0 unspecified atom stereocenters. The lowest BCUT2D eigenvalue weighted by Crippen LogP contribution is -2.38. The number of ether oxygens (including phenoxy) is 1. The number of anilines is 1. The van der Waals surface area contributed by atoms with Gasteiger partial charge in [-0.05, 0) is 30.2 Å². The lowest BCUT2D eigenvalue weighted by molar-refractivity contribution is -0.117. The van der Waals surface area contributed by atoms with E-state index in [9.17, 15) is 13.2 Å². The van der Waals surface area contributed by atoms with E-state index in [4.69, 9.17) is 4.74 Å². The molecule has 1 N–H and O–H groups in total. The van der Waals surface area contributed by atoms with Crippen LogP contribution in [0.1, 0.15) is 19.4 Å². The summed E-state index contributed by atoms with van der Waals surface area (Å²) in [7, 11) is -1.86. The number of carbonyl (C=O) groups excluding carboxylic acids is 1. The summed E-state index contributed by atoms with van der Waals surface area (Å²) in [6.07, 6.45) is 0.667. The quantitative estimate of drug-likeness (QED) is 0.653. The van der Waals surface area contributed by atoms with Gasteiger partial charge in [0.05, 0.1) is 18.0 Å². The Labute approximate surface area is 150 Å². The van der Waals surface area contributed by atoms with Crippen molar-refractivity contribution in [1.29, 1.82) is 0 Å². The Morgan fingerprint density at radius 3 is 2.68 bits per heavy atom. The largest absolute Gasteiger partial charge is 0.383 e. The minimum atomic E-state index is -3.48. The number of sulfonamides is 1. The maximum atomic E-state index is 12.6. The van der Waals surface area contributed by atoms with Crippen LogP contribution < -0.4 is 10.2 Å². The van der Waals surface area contributed by atoms with E-state index in [1.807, 2.05) is 13.8 Å². The maximum absolute atomic E-state index is 12.6. The van der Waals surface area contributed by atoms with Crippen molar-refractivity contribution in [3.8, 4) is 0 Å². The second-order valence-electron chi connectivity index (χ2n) is 5.84. The molecule has 2 rings (SSSR count). The highest BCUT2D eigenvalue weighted by Gasteiger charge is 2.28. The minimum absolute atomic E-state index is 0.0193. The molecule has 8 heteroatoms. The molecule has 0 bridgehead atoms. The van der Waals surface area contributed by atoms with Crippen molar-refractivity contribution in [1.82, 2.24) is 9.62 Å². The monoisotopic (exact) mass is 369 g/mol. The van der Waals surface area contributed by atoms with Crippen molar-refractivity contribution in [2.24, 2.45) is 0 Å². The first-order chi connectivity index (χ1) is 12.0. The topological polar surface area (TPSA) is 79.0 Å². The molecule has 1 aromatic carbocycles. The van der Waals surface area contributed by atoms with Gasteiger partial charge < -0.3 is 15.0 Å². The van der Waals surface area contributed by atoms with Gasteiger partial charge in [0.2, 0.25) is 15.9 Å². The number of nitrogens with zero attached hydrogens (tertiary/aromatic N) is 2. The number of nitrogens with one attached hydrogen (secondary N) is 1. The summed E-state index contributed by atoms with van der Waals surface area (Å²) in [6.45, 7) is 6.51. The van der Waals surface area contributed by atoms with Crippen LogP contribution in [0, 0.1) is 0 Å². The second-order valence-corrected chi connectivity index (χ2v) is 7.78. The fourth-order valence-corrected chi connectivity index (χ4v) is 4.48. The predicted molar refractivity (Wildman–Crippen MR) is 97.4 cm³/mol. The van der Waals surface area contributed by atoms with Gasteiger partial charge in [-0.25, -0.2) is 8.42 Å². The Kier molecular flexibility index (Phi) is 6.95. The first-order valence-electron chi connectivity index (χ1n) is 8.58. The third-order valence-corrected chi connectivity index (χ3v) is 6.40. The second kappa shape index (κ2) is 8.75. The zero-order valence-electron chi connectivity index (χ0n) is 15.1. The number of hydrogen-bond donors (Lipinski definition) is 1. The van der Waals surface area contributed by atoms with E-state index in [0.717, 1.165) is 11.3 Å².